The van der Waals surface area contributed by atoms with Gasteiger partial charge in [0.05, 0.1) is 25.6 Å². The molecule has 7 nitrogen and oxygen atoms in total. The smallest absolute Gasteiger partial charge is 0.363 e. The van der Waals surface area contributed by atoms with E-state index in [0.717, 1.165) is 5.56 Å². The van der Waals surface area contributed by atoms with Crippen LogP contribution in [0.4, 0.5) is 5.69 Å². The van der Waals surface area contributed by atoms with Crippen LogP contribution in [0.15, 0.2) is 71.4 Å². The summed E-state index contributed by atoms with van der Waals surface area (Å²) in [6, 6.07) is 16.1. The highest BCUT2D eigenvalue weighted by atomic mass is 35.5. The number of ether oxygens (including phenoxy) is 2. The van der Waals surface area contributed by atoms with Crippen molar-refractivity contribution in [1.82, 2.24) is 0 Å². The van der Waals surface area contributed by atoms with Crippen LogP contribution in [0.25, 0.3) is 6.08 Å². The third kappa shape index (κ3) is 5.34. The predicted octanol–water partition coefficient (Wildman–Crippen LogP) is 6.48. The summed E-state index contributed by atoms with van der Waals surface area (Å²) in [5.74, 6) is -0.121. The normalized spacial score (nSPS) is 14.2. The lowest BCUT2D eigenvalue weighted by atomic mass is 10.2. The predicted molar refractivity (Wildman–Crippen MR) is 126 cm³/mol. The number of carbonyl (C=O) groups excluding carboxylic acids is 1. The largest absolute Gasteiger partial charge is 0.489 e. The van der Waals surface area contributed by atoms with Crippen LogP contribution in [0.3, 0.4) is 0 Å². The van der Waals surface area contributed by atoms with Crippen LogP contribution in [0.2, 0.25) is 15.1 Å². The Morgan fingerprint density at radius 3 is 2.55 bits per heavy atom. The van der Waals surface area contributed by atoms with Gasteiger partial charge in [0.2, 0.25) is 5.90 Å². The molecule has 0 aromatic heterocycles. The molecule has 1 heterocycles. The van der Waals surface area contributed by atoms with Gasteiger partial charge in [-0.2, -0.15) is 0 Å². The molecule has 0 radical (unpaired) electrons. The standard InChI is InChI=1S/C23H13Cl3N2O5/c24-18-7-4-14(9-20(18)26)12-32-16-3-1-2-13(8-16)10-21-23(29)33-22(27-21)17-6-5-15(28(30)31)11-19(17)25/h1-11H,12H2/b21-10-. The van der Waals surface area contributed by atoms with E-state index in [-0.39, 0.29) is 34.5 Å². The van der Waals surface area contributed by atoms with Gasteiger partial charge < -0.3 is 9.47 Å². The Kier molecular flexibility index (Phi) is 6.65. The average molecular weight is 504 g/mol. The number of esters is 1. The van der Waals surface area contributed by atoms with Crippen LogP contribution in [-0.2, 0) is 16.1 Å². The second kappa shape index (κ2) is 9.62. The number of nitro benzene ring substituents is 1. The zero-order chi connectivity index (χ0) is 23.5. The Bertz CT molecular complexity index is 1340. The monoisotopic (exact) mass is 502 g/mol. The molecule has 0 aliphatic carbocycles. The van der Waals surface area contributed by atoms with E-state index >= 15 is 0 Å². The fraction of sp³-hybridized carbons (Fsp3) is 0.0435. The van der Waals surface area contributed by atoms with E-state index in [1.807, 2.05) is 6.07 Å². The molecular weight excluding hydrogens is 491 g/mol. The second-order valence-corrected chi connectivity index (χ2v) is 8.09. The summed E-state index contributed by atoms with van der Waals surface area (Å²) in [6.45, 7) is 0.278. The summed E-state index contributed by atoms with van der Waals surface area (Å²) in [7, 11) is 0. The molecule has 0 fully saturated rings. The Morgan fingerprint density at radius 1 is 1.00 bits per heavy atom. The fourth-order valence-electron chi connectivity index (χ4n) is 2.96. The number of nitrogens with zero attached hydrogens (tertiary/aromatic N) is 2. The number of nitro groups is 1. The Morgan fingerprint density at radius 2 is 1.82 bits per heavy atom. The van der Waals surface area contributed by atoms with Gasteiger partial charge in [0, 0.05) is 12.1 Å². The molecule has 10 heteroatoms. The fourth-order valence-corrected chi connectivity index (χ4v) is 3.54. The Hall–Kier alpha value is -3.39. The third-order valence-corrected chi connectivity index (χ3v) is 5.62. The topological polar surface area (TPSA) is 91.0 Å². The number of aliphatic imine (C=N–C) groups is 1. The lowest BCUT2D eigenvalue weighted by molar-refractivity contribution is -0.384. The first-order chi connectivity index (χ1) is 15.8. The molecule has 0 unspecified atom stereocenters. The number of non-ortho nitro benzene ring substituents is 1. The summed E-state index contributed by atoms with van der Waals surface area (Å²) in [6.07, 6.45) is 1.54. The molecule has 1 aliphatic rings. The van der Waals surface area contributed by atoms with Crippen molar-refractivity contribution >= 4 is 58.4 Å². The molecule has 0 saturated heterocycles. The van der Waals surface area contributed by atoms with Crippen molar-refractivity contribution in [3.63, 3.8) is 0 Å². The number of cyclic esters (lactones) is 1. The molecule has 166 valence electrons. The number of benzene rings is 3. The minimum Gasteiger partial charge on any atom is -0.489 e. The molecule has 0 N–H and O–H groups in total. The number of carbonyl (C=O) groups is 1. The first-order valence-corrected chi connectivity index (χ1v) is 10.6. The van der Waals surface area contributed by atoms with Gasteiger partial charge in [0.1, 0.15) is 12.4 Å². The second-order valence-electron chi connectivity index (χ2n) is 6.87. The molecule has 0 saturated carbocycles. The van der Waals surface area contributed by atoms with Crippen molar-refractivity contribution in [3.8, 4) is 5.75 Å². The maximum Gasteiger partial charge on any atom is 0.363 e. The van der Waals surface area contributed by atoms with Gasteiger partial charge >= 0.3 is 5.97 Å². The Balaban J connectivity index is 1.52. The first-order valence-electron chi connectivity index (χ1n) is 9.44. The highest BCUT2D eigenvalue weighted by Crippen LogP contribution is 2.28. The van der Waals surface area contributed by atoms with Gasteiger partial charge in [-0.05, 0) is 47.5 Å². The van der Waals surface area contributed by atoms with Crippen molar-refractivity contribution in [1.29, 1.82) is 0 Å². The van der Waals surface area contributed by atoms with Crippen LogP contribution in [0.5, 0.6) is 5.75 Å². The van der Waals surface area contributed by atoms with Crippen LogP contribution < -0.4 is 4.74 Å². The lowest BCUT2D eigenvalue weighted by Gasteiger charge is -2.08. The minimum absolute atomic E-state index is 0.0295. The maximum atomic E-state index is 12.3. The number of hydrogen-bond acceptors (Lipinski definition) is 6. The molecule has 0 amide bonds. The van der Waals surface area contributed by atoms with E-state index in [1.165, 1.54) is 18.2 Å². The van der Waals surface area contributed by atoms with Crippen molar-refractivity contribution in [2.75, 3.05) is 0 Å². The van der Waals surface area contributed by atoms with Gasteiger partial charge in [0.25, 0.3) is 5.69 Å². The first kappa shape index (κ1) is 22.8. The van der Waals surface area contributed by atoms with E-state index in [1.54, 1.807) is 42.5 Å². The summed E-state index contributed by atoms with van der Waals surface area (Å²) in [5.41, 5.74) is 1.66. The van der Waals surface area contributed by atoms with E-state index < -0.39 is 10.9 Å². The average Bonchev–Trinajstić information content (AvgIpc) is 3.14. The molecule has 0 bridgehead atoms. The highest BCUT2D eigenvalue weighted by Gasteiger charge is 2.26. The van der Waals surface area contributed by atoms with Crippen molar-refractivity contribution < 1.29 is 19.2 Å². The van der Waals surface area contributed by atoms with Gasteiger partial charge in [-0.3, -0.25) is 10.1 Å². The molecule has 0 spiro atoms. The van der Waals surface area contributed by atoms with Crippen LogP contribution >= 0.6 is 34.8 Å². The maximum absolute atomic E-state index is 12.3. The number of halogens is 3. The summed E-state index contributed by atoms with van der Waals surface area (Å²) in [4.78, 5) is 26.8. The SMILES string of the molecule is O=C1OC(c2ccc([N+](=O)[O-])cc2Cl)=N/C1=C\c1cccc(OCc2ccc(Cl)c(Cl)c2)c1. The molecule has 4 rings (SSSR count). The van der Waals surface area contributed by atoms with Crippen molar-refractivity contribution in [2.45, 2.75) is 6.61 Å². The van der Waals surface area contributed by atoms with E-state index in [4.69, 9.17) is 44.3 Å². The Labute approximate surface area is 203 Å². The quantitative estimate of drug-likeness (QED) is 0.166. The van der Waals surface area contributed by atoms with Gasteiger partial charge in [0.15, 0.2) is 5.70 Å². The van der Waals surface area contributed by atoms with Gasteiger partial charge in [-0.25, -0.2) is 9.79 Å². The van der Waals surface area contributed by atoms with Crippen molar-refractivity contribution in [3.05, 3.63) is 108 Å². The number of rotatable bonds is 6. The molecule has 33 heavy (non-hydrogen) atoms. The van der Waals surface area contributed by atoms with E-state index in [2.05, 4.69) is 4.99 Å². The summed E-state index contributed by atoms with van der Waals surface area (Å²) >= 11 is 18.1. The zero-order valence-electron chi connectivity index (χ0n) is 16.6. The summed E-state index contributed by atoms with van der Waals surface area (Å²) < 4.78 is 11.0. The van der Waals surface area contributed by atoms with Gasteiger partial charge in [-0.15, -0.1) is 0 Å². The van der Waals surface area contributed by atoms with Gasteiger partial charge in [-0.1, -0.05) is 53.0 Å². The minimum atomic E-state index is -0.665. The van der Waals surface area contributed by atoms with Crippen LogP contribution in [-0.4, -0.2) is 16.8 Å². The highest BCUT2D eigenvalue weighted by molar-refractivity contribution is 6.42. The molecule has 0 atom stereocenters. The molecule has 3 aromatic carbocycles. The third-order valence-electron chi connectivity index (χ3n) is 4.57. The number of hydrogen-bond donors (Lipinski definition) is 0. The molecule has 3 aromatic rings. The lowest BCUT2D eigenvalue weighted by Crippen LogP contribution is -2.06. The summed E-state index contributed by atoms with van der Waals surface area (Å²) in [5, 5.41) is 11.8. The van der Waals surface area contributed by atoms with Crippen LogP contribution in [0.1, 0.15) is 16.7 Å². The molecule has 1 aliphatic heterocycles. The van der Waals surface area contributed by atoms with Crippen LogP contribution in [0, 0.1) is 10.1 Å². The van der Waals surface area contributed by atoms with E-state index in [9.17, 15) is 14.9 Å². The van der Waals surface area contributed by atoms with Crippen molar-refractivity contribution in [2.24, 2.45) is 4.99 Å². The van der Waals surface area contributed by atoms with E-state index in [0.29, 0.717) is 21.4 Å². The molecular formula is C23H13Cl3N2O5. The zero-order valence-corrected chi connectivity index (χ0v) is 18.9.